The lowest BCUT2D eigenvalue weighted by Crippen LogP contribution is -2.41. The van der Waals surface area contributed by atoms with Gasteiger partial charge in [0.2, 0.25) is 10.0 Å². The third-order valence-electron chi connectivity index (χ3n) is 7.79. The SMILES string of the molecule is CN(C)S(=O)(=O)C1CC1.COc1ccc(C(=O)Nc2cnn3c2C(=O)N(c2ccc(C(F)(F)c4ccccc4)cc2)CC3)cc1C#N. The maximum Gasteiger partial charge on any atom is 0.298 e. The molecule has 1 fully saturated rings. The zero-order valence-corrected chi connectivity index (χ0v) is 26.7. The van der Waals surface area contributed by atoms with Crippen LogP contribution in [0.25, 0.3) is 0 Å². The molecule has 244 valence electrons. The molecule has 0 unspecified atom stereocenters. The molecule has 0 radical (unpaired) electrons. The minimum atomic E-state index is -3.19. The van der Waals surface area contributed by atoms with Crippen LogP contribution in [0.3, 0.4) is 0 Å². The van der Waals surface area contributed by atoms with Crippen molar-refractivity contribution in [3.63, 3.8) is 0 Å². The van der Waals surface area contributed by atoms with Crippen LogP contribution in [0.5, 0.6) is 5.75 Å². The average molecular weight is 663 g/mol. The quantitative estimate of drug-likeness (QED) is 0.285. The molecule has 2 amide bonds. The number of fused-ring (bicyclic) bond motifs is 1. The first kappa shape index (κ1) is 33.2. The number of hydrogen-bond acceptors (Lipinski definition) is 7. The number of anilines is 2. The number of carbonyl (C=O) groups is 2. The summed E-state index contributed by atoms with van der Waals surface area (Å²) in [4.78, 5) is 27.7. The van der Waals surface area contributed by atoms with Crippen LogP contribution >= 0.6 is 0 Å². The predicted molar refractivity (Wildman–Crippen MR) is 171 cm³/mol. The summed E-state index contributed by atoms with van der Waals surface area (Å²) in [6.45, 7) is 0.624. The fourth-order valence-electron chi connectivity index (χ4n) is 5.00. The normalized spacial score (nSPS) is 14.5. The van der Waals surface area contributed by atoms with Crippen molar-refractivity contribution in [3.8, 4) is 11.8 Å². The third kappa shape index (κ3) is 6.86. The molecule has 3 aromatic carbocycles. The first-order valence-corrected chi connectivity index (χ1v) is 16.1. The minimum Gasteiger partial charge on any atom is -0.495 e. The summed E-state index contributed by atoms with van der Waals surface area (Å²) in [5, 5.41) is 16.1. The first-order chi connectivity index (χ1) is 22.4. The van der Waals surface area contributed by atoms with Gasteiger partial charge in [-0.15, -0.1) is 0 Å². The highest BCUT2D eigenvalue weighted by Gasteiger charge is 2.37. The lowest BCUT2D eigenvalue weighted by Gasteiger charge is -2.28. The summed E-state index contributed by atoms with van der Waals surface area (Å²) in [6, 6.07) is 19.5. The first-order valence-electron chi connectivity index (χ1n) is 14.6. The van der Waals surface area contributed by atoms with E-state index in [9.17, 15) is 32.0 Å². The highest BCUT2D eigenvalue weighted by atomic mass is 32.2. The zero-order valence-electron chi connectivity index (χ0n) is 25.9. The van der Waals surface area contributed by atoms with Crippen LogP contribution in [0.4, 0.5) is 20.2 Å². The Morgan fingerprint density at radius 2 is 1.70 bits per heavy atom. The summed E-state index contributed by atoms with van der Waals surface area (Å²) in [5.74, 6) is -3.81. The number of benzene rings is 3. The van der Waals surface area contributed by atoms with E-state index in [2.05, 4.69) is 10.4 Å². The number of sulfonamides is 1. The molecule has 1 saturated carbocycles. The van der Waals surface area contributed by atoms with Crippen LogP contribution < -0.4 is 15.0 Å². The van der Waals surface area contributed by atoms with E-state index in [1.165, 1.54) is 81.8 Å². The number of nitriles is 1. The molecule has 14 heteroatoms. The van der Waals surface area contributed by atoms with Crippen molar-refractivity contribution in [1.29, 1.82) is 5.26 Å². The molecule has 2 aliphatic rings. The number of carbonyl (C=O) groups excluding carboxylic acids is 2. The molecule has 1 aliphatic carbocycles. The Hall–Kier alpha value is -5.13. The maximum absolute atomic E-state index is 14.9. The molecule has 0 bridgehead atoms. The van der Waals surface area contributed by atoms with Crippen LogP contribution in [0.1, 0.15) is 50.4 Å². The van der Waals surface area contributed by atoms with Crippen molar-refractivity contribution in [2.24, 2.45) is 0 Å². The van der Waals surface area contributed by atoms with Gasteiger partial charge in [-0.1, -0.05) is 42.5 Å². The Bertz CT molecular complexity index is 1930. The molecular weight excluding hydrogens is 630 g/mol. The zero-order chi connectivity index (χ0) is 33.9. The molecule has 0 atom stereocenters. The van der Waals surface area contributed by atoms with Crippen molar-refractivity contribution < 1.29 is 31.5 Å². The molecule has 4 aromatic rings. The average Bonchev–Trinajstić information content (AvgIpc) is 3.87. The summed E-state index contributed by atoms with van der Waals surface area (Å²) < 4.78 is 59.8. The van der Waals surface area contributed by atoms with E-state index >= 15 is 0 Å². The molecule has 6 rings (SSSR count). The Kier molecular flexibility index (Phi) is 9.41. The van der Waals surface area contributed by atoms with Crippen molar-refractivity contribution in [2.45, 2.75) is 30.6 Å². The molecule has 1 aromatic heterocycles. The van der Waals surface area contributed by atoms with Crippen molar-refractivity contribution >= 4 is 33.2 Å². The predicted octanol–water partition coefficient (Wildman–Crippen LogP) is 4.86. The highest BCUT2D eigenvalue weighted by molar-refractivity contribution is 7.90. The molecule has 0 saturated heterocycles. The Labute approximate surface area is 271 Å². The van der Waals surface area contributed by atoms with Gasteiger partial charge in [0.15, 0.2) is 0 Å². The Morgan fingerprint density at radius 1 is 1.04 bits per heavy atom. The molecule has 11 nitrogen and oxygen atoms in total. The summed E-state index contributed by atoms with van der Waals surface area (Å²) >= 11 is 0. The summed E-state index contributed by atoms with van der Waals surface area (Å²) in [6.07, 6.45) is 3.08. The number of aromatic nitrogens is 2. The lowest BCUT2D eigenvalue weighted by atomic mass is 10.00. The van der Waals surface area contributed by atoms with Crippen LogP contribution in [0.15, 0.2) is 79.0 Å². The van der Waals surface area contributed by atoms with Gasteiger partial charge in [0, 0.05) is 43.0 Å². The number of methoxy groups -OCH3 is 1. The Balaban J connectivity index is 0.000000417. The van der Waals surface area contributed by atoms with E-state index < -0.39 is 27.8 Å². The second-order valence-corrected chi connectivity index (χ2v) is 13.5. The van der Waals surface area contributed by atoms with Gasteiger partial charge in [0.25, 0.3) is 17.7 Å². The van der Waals surface area contributed by atoms with Crippen LogP contribution in [-0.2, 0) is 22.5 Å². The number of amides is 2. The van der Waals surface area contributed by atoms with Gasteiger partial charge in [0.1, 0.15) is 17.5 Å². The monoisotopic (exact) mass is 662 g/mol. The molecular formula is C33H32F2N6O5S. The highest BCUT2D eigenvalue weighted by Crippen LogP contribution is 2.37. The fourth-order valence-corrected chi connectivity index (χ4v) is 6.33. The molecule has 2 heterocycles. The number of halogens is 2. The van der Waals surface area contributed by atoms with Crippen LogP contribution in [0, 0.1) is 11.3 Å². The van der Waals surface area contributed by atoms with E-state index in [1.54, 1.807) is 32.3 Å². The minimum absolute atomic E-state index is 0.0625. The van der Waals surface area contributed by atoms with Gasteiger partial charge < -0.3 is 15.0 Å². The lowest BCUT2D eigenvalue weighted by molar-refractivity contribution is 0.0428. The van der Waals surface area contributed by atoms with Crippen molar-refractivity contribution in [3.05, 3.63) is 107 Å². The van der Waals surface area contributed by atoms with Crippen molar-refractivity contribution in [1.82, 2.24) is 14.1 Å². The van der Waals surface area contributed by atoms with Gasteiger partial charge in [-0.25, -0.2) is 12.7 Å². The van der Waals surface area contributed by atoms with Gasteiger partial charge >= 0.3 is 0 Å². The number of ether oxygens (including phenoxy) is 1. The number of hydrogen-bond donors (Lipinski definition) is 1. The molecule has 0 spiro atoms. The molecule has 1 aliphatic heterocycles. The van der Waals surface area contributed by atoms with Gasteiger partial charge in [-0.2, -0.15) is 19.1 Å². The smallest absolute Gasteiger partial charge is 0.298 e. The van der Waals surface area contributed by atoms with Gasteiger partial charge in [0.05, 0.1) is 36.4 Å². The van der Waals surface area contributed by atoms with E-state index in [4.69, 9.17) is 4.74 Å². The summed E-state index contributed by atoms with van der Waals surface area (Å²) in [7, 11) is 1.71. The van der Waals surface area contributed by atoms with Gasteiger partial charge in [-0.05, 0) is 43.2 Å². The van der Waals surface area contributed by atoms with E-state index in [0.717, 1.165) is 12.8 Å². The Morgan fingerprint density at radius 3 is 2.28 bits per heavy atom. The van der Waals surface area contributed by atoms with Crippen LogP contribution in [-0.4, -0.2) is 67.3 Å². The number of alkyl halides is 2. The van der Waals surface area contributed by atoms with E-state index in [-0.39, 0.29) is 45.4 Å². The number of rotatable bonds is 8. The largest absolute Gasteiger partial charge is 0.495 e. The standard InChI is InChI=1S/C28H21F2N5O3.C5H11NO2S/c1-38-24-12-7-18(15-19(24)16-31)26(36)33-23-17-32-35-14-13-34(27(37)25(23)35)22-10-8-21(9-11-22)28(29,30)20-5-3-2-4-6-20;1-6(2)9(7,8)5-3-4-5/h2-12,15,17H,13-14H2,1H3,(H,33,36);5H,3-4H2,1-2H3. The number of nitrogens with one attached hydrogen (secondary N) is 1. The topological polar surface area (TPSA) is 138 Å². The van der Waals surface area contributed by atoms with E-state index in [1.807, 2.05) is 6.07 Å². The van der Waals surface area contributed by atoms with E-state index in [0.29, 0.717) is 18.0 Å². The van der Waals surface area contributed by atoms with Crippen LogP contribution in [0.2, 0.25) is 0 Å². The number of nitrogens with zero attached hydrogens (tertiary/aromatic N) is 5. The maximum atomic E-state index is 14.9. The molecule has 47 heavy (non-hydrogen) atoms. The second kappa shape index (κ2) is 13.3. The molecule has 1 N–H and O–H groups in total. The summed E-state index contributed by atoms with van der Waals surface area (Å²) in [5.41, 5.74) is 0.902. The fraction of sp³-hybridized carbons (Fsp3) is 0.273. The van der Waals surface area contributed by atoms with Crippen molar-refractivity contribution in [2.75, 3.05) is 38.0 Å². The second-order valence-electron chi connectivity index (χ2n) is 11.1. The van der Waals surface area contributed by atoms with Gasteiger partial charge in [-0.3, -0.25) is 14.3 Å². The third-order valence-corrected chi connectivity index (χ3v) is 10.1.